The van der Waals surface area contributed by atoms with Crippen LogP contribution in [0.5, 0.6) is 11.5 Å². The summed E-state index contributed by atoms with van der Waals surface area (Å²) in [5, 5.41) is 16.7. The maximum atomic E-state index is 15.1. The Hall–Kier alpha value is -3.22. The van der Waals surface area contributed by atoms with E-state index in [0.29, 0.717) is 33.7 Å². The number of aldehydes is 1. The van der Waals surface area contributed by atoms with Gasteiger partial charge in [-0.25, -0.2) is 4.39 Å². The van der Waals surface area contributed by atoms with E-state index in [-0.39, 0.29) is 34.6 Å². The number of carbonyl (C=O) groups excluding carboxylic acids is 1. The van der Waals surface area contributed by atoms with E-state index in [0.717, 1.165) is 5.56 Å². The van der Waals surface area contributed by atoms with Crippen LogP contribution in [0.3, 0.4) is 0 Å². The smallest absolute Gasteiger partial charge is 0.221 e. The van der Waals surface area contributed by atoms with E-state index in [4.69, 9.17) is 43.5 Å². The van der Waals surface area contributed by atoms with E-state index < -0.39 is 5.82 Å². The molecular weight excluding hydrogens is 454 g/mol. The lowest BCUT2D eigenvalue weighted by atomic mass is 10.1. The van der Waals surface area contributed by atoms with Crippen molar-refractivity contribution in [1.82, 2.24) is 0 Å². The zero-order valence-corrected chi connectivity index (χ0v) is 18.8. The number of hydrogen-bond donors (Lipinski definition) is 2. The summed E-state index contributed by atoms with van der Waals surface area (Å²) in [5.74, 6) is -1.20. The van der Waals surface area contributed by atoms with E-state index in [1.807, 2.05) is 6.92 Å². The van der Waals surface area contributed by atoms with Gasteiger partial charge in [0.15, 0.2) is 17.5 Å². The first-order chi connectivity index (χ1) is 15.2. The summed E-state index contributed by atoms with van der Waals surface area (Å²) in [6.45, 7) is 3.55. The normalized spacial score (nSPS) is 10.5. The van der Waals surface area contributed by atoms with Crippen LogP contribution in [-0.4, -0.2) is 18.1 Å². The number of rotatable bonds is 6. The number of hydrogen-bond acceptors (Lipinski definition) is 5. The molecule has 164 valence electrons. The highest BCUT2D eigenvalue weighted by molar-refractivity contribution is 6.32. The first kappa shape index (κ1) is 23.4. The maximum Gasteiger partial charge on any atom is 0.221 e. The molecule has 0 spiro atoms. The van der Waals surface area contributed by atoms with Gasteiger partial charge >= 0.3 is 0 Å². The van der Waals surface area contributed by atoms with Crippen LogP contribution in [0.25, 0.3) is 0 Å². The fourth-order valence-electron chi connectivity index (χ4n) is 3.09. The predicted octanol–water partition coefficient (Wildman–Crippen LogP) is 6.92. The SMILES string of the molecule is Cc1cc(Cl)cc(Oc2c(Cl)ccc(CC(=N)OC(=N)c3ccc(C=O)cc3C)c2F)c1. The molecule has 5 nitrogen and oxygen atoms in total. The van der Waals surface area contributed by atoms with Crippen molar-refractivity contribution in [1.29, 1.82) is 10.8 Å². The largest absolute Gasteiger partial charge is 0.453 e. The van der Waals surface area contributed by atoms with Crippen molar-refractivity contribution >= 4 is 41.3 Å². The van der Waals surface area contributed by atoms with Crippen molar-refractivity contribution in [3.63, 3.8) is 0 Å². The van der Waals surface area contributed by atoms with Gasteiger partial charge in [0.05, 0.1) is 11.4 Å². The van der Waals surface area contributed by atoms with Crippen LogP contribution in [0.2, 0.25) is 10.0 Å². The van der Waals surface area contributed by atoms with Crippen LogP contribution in [-0.2, 0) is 11.2 Å². The molecule has 0 saturated heterocycles. The highest BCUT2D eigenvalue weighted by atomic mass is 35.5. The molecule has 0 bridgehead atoms. The molecular formula is C24H19Cl2FN2O3. The Bertz CT molecular complexity index is 1210. The van der Waals surface area contributed by atoms with Crippen molar-refractivity contribution in [2.45, 2.75) is 20.3 Å². The molecule has 0 atom stereocenters. The minimum Gasteiger partial charge on any atom is -0.453 e. The Balaban J connectivity index is 1.77. The van der Waals surface area contributed by atoms with E-state index in [9.17, 15) is 4.79 Å². The van der Waals surface area contributed by atoms with Crippen molar-refractivity contribution in [2.24, 2.45) is 0 Å². The molecule has 0 aliphatic carbocycles. The zero-order valence-electron chi connectivity index (χ0n) is 17.3. The third-order valence-electron chi connectivity index (χ3n) is 4.57. The topological polar surface area (TPSA) is 83.2 Å². The van der Waals surface area contributed by atoms with Crippen molar-refractivity contribution in [3.05, 3.63) is 92.2 Å². The van der Waals surface area contributed by atoms with Gasteiger partial charge < -0.3 is 9.47 Å². The average Bonchev–Trinajstić information content (AvgIpc) is 2.72. The van der Waals surface area contributed by atoms with Gasteiger partial charge in [0.2, 0.25) is 5.90 Å². The van der Waals surface area contributed by atoms with E-state index in [2.05, 4.69) is 0 Å². The first-order valence-electron chi connectivity index (χ1n) is 9.50. The summed E-state index contributed by atoms with van der Waals surface area (Å²) < 4.78 is 26.0. The third kappa shape index (κ3) is 5.52. The van der Waals surface area contributed by atoms with Gasteiger partial charge in [0.1, 0.15) is 12.0 Å². The van der Waals surface area contributed by atoms with Gasteiger partial charge in [-0.15, -0.1) is 0 Å². The highest BCUT2D eigenvalue weighted by Gasteiger charge is 2.18. The minimum absolute atomic E-state index is 0.0648. The van der Waals surface area contributed by atoms with Crippen molar-refractivity contribution < 1.29 is 18.7 Å². The highest BCUT2D eigenvalue weighted by Crippen LogP contribution is 2.35. The molecule has 0 radical (unpaired) electrons. The first-order valence-corrected chi connectivity index (χ1v) is 10.3. The van der Waals surface area contributed by atoms with Crippen LogP contribution < -0.4 is 4.74 Å². The molecule has 8 heteroatoms. The molecule has 0 fully saturated rings. The average molecular weight is 473 g/mol. The lowest BCUT2D eigenvalue weighted by Crippen LogP contribution is -2.16. The Kier molecular flexibility index (Phi) is 7.28. The molecule has 2 N–H and O–H groups in total. The van der Waals surface area contributed by atoms with Gasteiger partial charge in [-0.1, -0.05) is 35.3 Å². The lowest BCUT2D eigenvalue weighted by molar-refractivity contribution is 0.112. The number of ether oxygens (including phenoxy) is 2. The standard InChI is InChI=1S/C24H19Cl2FN2O3/c1-13-7-17(25)11-18(8-13)31-23-20(26)6-4-16(22(23)27)10-21(28)32-24(29)19-5-3-15(12-30)9-14(19)2/h3-9,11-12,28-29H,10H2,1-2H3. The molecule has 3 rings (SSSR count). The number of aryl methyl sites for hydroxylation is 2. The molecule has 0 saturated carbocycles. The van der Waals surface area contributed by atoms with Crippen molar-refractivity contribution in [3.8, 4) is 11.5 Å². The molecule has 0 aliphatic heterocycles. The molecule has 0 unspecified atom stereocenters. The van der Waals surface area contributed by atoms with Crippen LogP contribution in [0.4, 0.5) is 4.39 Å². The summed E-state index contributed by atoms with van der Waals surface area (Å²) in [4.78, 5) is 10.9. The van der Waals surface area contributed by atoms with Gasteiger partial charge in [-0.05, 0) is 61.4 Å². The van der Waals surface area contributed by atoms with Crippen LogP contribution >= 0.6 is 23.2 Å². The van der Waals surface area contributed by atoms with E-state index >= 15 is 4.39 Å². The predicted molar refractivity (Wildman–Crippen MR) is 124 cm³/mol. The lowest BCUT2D eigenvalue weighted by Gasteiger charge is -2.14. The number of nitrogens with one attached hydrogen (secondary N) is 2. The number of benzene rings is 3. The van der Waals surface area contributed by atoms with Gasteiger partial charge in [-0.3, -0.25) is 15.6 Å². The molecule has 3 aromatic rings. The Morgan fingerprint density at radius 1 is 1.06 bits per heavy atom. The summed E-state index contributed by atoms with van der Waals surface area (Å²) in [7, 11) is 0. The summed E-state index contributed by atoms with van der Waals surface area (Å²) >= 11 is 12.2. The third-order valence-corrected chi connectivity index (χ3v) is 5.09. The zero-order chi connectivity index (χ0) is 23.4. The Morgan fingerprint density at radius 2 is 1.81 bits per heavy atom. The number of halogens is 3. The molecule has 3 aromatic carbocycles. The number of carbonyl (C=O) groups is 1. The Morgan fingerprint density at radius 3 is 2.47 bits per heavy atom. The molecule has 32 heavy (non-hydrogen) atoms. The van der Waals surface area contributed by atoms with Crippen LogP contribution in [0.15, 0.2) is 48.5 Å². The monoisotopic (exact) mass is 472 g/mol. The van der Waals surface area contributed by atoms with E-state index in [1.165, 1.54) is 12.1 Å². The van der Waals surface area contributed by atoms with Gasteiger partial charge in [0, 0.05) is 21.7 Å². The van der Waals surface area contributed by atoms with Crippen LogP contribution in [0.1, 0.15) is 32.6 Å². The summed E-state index contributed by atoms with van der Waals surface area (Å²) in [6, 6.07) is 12.6. The maximum absolute atomic E-state index is 15.1. The molecule has 0 aromatic heterocycles. The molecule has 0 heterocycles. The van der Waals surface area contributed by atoms with Crippen LogP contribution in [0, 0.1) is 30.5 Å². The van der Waals surface area contributed by atoms with Gasteiger partial charge in [-0.2, -0.15) is 0 Å². The fourth-order valence-corrected chi connectivity index (χ4v) is 3.55. The second-order valence-electron chi connectivity index (χ2n) is 7.14. The quantitative estimate of drug-likeness (QED) is 0.232. The second kappa shape index (κ2) is 9.94. The summed E-state index contributed by atoms with van der Waals surface area (Å²) in [5.41, 5.74) is 2.51. The van der Waals surface area contributed by atoms with Crippen molar-refractivity contribution in [2.75, 3.05) is 0 Å². The molecule has 0 aliphatic rings. The second-order valence-corrected chi connectivity index (χ2v) is 7.98. The van der Waals surface area contributed by atoms with E-state index in [1.54, 1.807) is 43.3 Å². The van der Waals surface area contributed by atoms with Gasteiger partial charge in [0.25, 0.3) is 0 Å². The fraction of sp³-hybridized carbons (Fsp3) is 0.125. The summed E-state index contributed by atoms with van der Waals surface area (Å²) in [6.07, 6.45) is 0.485. The molecule has 0 amide bonds. The Labute approximate surface area is 194 Å². The minimum atomic E-state index is -0.735.